The number of nitrogens with zero attached hydrogens (tertiary/aromatic N) is 7. The van der Waals surface area contributed by atoms with Gasteiger partial charge in [0.05, 0.1) is 78.7 Å². The number of aryl methyl sites for hydroxylation is 1. The average molecular weight is 1070 g/mol. The number of hydrogen-bond donors (Lipinski definition) is 2. The van der Waals surface area contributed by atoms with Crippen LogP contribution in [0.3, 0.4) is 0 Å². The van der Waals surface area contributed by atoms with Crippen LogP contribution >= 0.6 is 11.6 Å². The van der Waals surface area contributed by atoms with Gasteiger partial charge in [-0.25, -0.2) is 28.1 Å². The van der Waals surface area contributed by atoms with E-state index in [-0.39, 0.29) is 60.8 Å². The molecule has 10 rings (SSSR count). The van der Waals surface area contributed by atoms with Crippen molar-refractivity contribution in [2.24, 2.45) is 4.99 Å². The molecule has 0 aliphatic carbocycles. The van der Waals surface area contributed by atoms with E-state index in [1.54, 1.807) is 67.2 Å². The first kappa shape index (κ1) is 52.0. The highest BCUT2D eigenvalue weighted by atomic mass is 35.5. The lowest BCUT2D eigenvalue weighted by Gasteiger charge is -2.32. The molecule has 2 fully saturated rings. The Balaban J connectivity index is 1.10. The van der Waals surface area contributed by atoms with Crippen LogP contribution in [0.5, 0.6) is 23.0 Å². The van der Waals surface area contributed by atoms with Crippen molar-refractivity contribution in [2.75, 3.05) is 63.2 Å². The van der Waals surface area contributed by atoms with Gasteiger partial charge in [-0.2, -0.15) is 13.2 Å². The molecule has 4 aromatic carbocycles. The van der Waals surface area contributed by atoms with Gasteiger partial charge >= 0.3 is 12.1 Å². The van der Waals surface area contributed by atoms with Crippen molar-refractivity contribution in [2.45, 2.75) is 76.4 Å². The largest absolute Gasteiger partial charge is 0.497 e. The van der Waals surface area contributed by atoms with Gasteiger partial charge in [-0.05, 0) is 98.0 Å². The Labute approximate surface area is 440 Å². The highest BCUT2D eigenvalue weighted by molar-refractivity contribution is 6.37. The molecule has 1 unspecified atom stereocenters. The number of pyridine rings is 1. The monoisotopic (exact) mass is 1070 g/mol. The zero-order chi connectivity index (χ0) is 53.5. The van der Waals surface area contributed by atoms with Crippen molar-refractivity contribution in [1.82, 2.24) is 24.8 Å². The van der Waals surface area contributed by atoms with Gasteiger partial charge in [-0.15, -0.1) is 0 Å². The van der Waals surface area contributed by atoms with E-state index in [1.807, 2.05) is 48.5 Å². The molecule has 2 N–H and O–H groups in total. The fraction of sp³-hybridized carbons (Fsp3) is 0.345. The predicted octanol–water partition coefficient (Wildman–Crippen LogP) is 11.8. The van der Waals surface area contributed by atoms with E-state index < -0.39 is 70.1 Å². The van der Waals surface area contributed by atoms with E-state index in [1.165, 1.54) is 31.6 Å². The maximum absolute atomic E-state index is 18.3. The van der Waals surface area contributed by atoms with Crippen molar-refractivity contribution >= 4 is 34.8 Å². The van der Waals surface area contributed by atoms with Crippen molar-refractivity contribution in [3.63, 3.8) is 0 Å². The summed E-state index contributed by atoms with van der Waals surface area (Å²) in [4.78, 5) is 23.9. The van der Waals surface area contributed by atoms with E-state index in [0.29, 0.717) is 54.7 Å². The molecule has 2 aromatic heterocycles. The summed E-state index contributed by atoms with van der Waals surface area (Å²) in [6, 6.07) is 22.4. The second-order valence-corrected chi connectivity index (χ2v) is 19.5. The number of anilines is 3. The minimum absolute atomic E-state index is 0.00390. The van der Waals surface area contributed by atoms with E-state index in [9.17, 15) is 0 Å². The van der Waals surface area contributed by atoms with Gasteiger partial charge in [0, 0.05) is 38.4 Å². The van der Waals surface area contributed by atoms with E-state index in [0.717, 1.165) is 16.7 Å². The fourth-order valence-corrected chi connectivity index (χ4v) is 10.8. The molecule has 0 saturated carbocycles. The van der Waals surface area contributed by atoms with Gasteiger partial charge in [-0.1, -0.05) is 48.0 Å². The minimum atomic E-state index is -5.06. The van der Waals surface area contributed by atoms with Crippen molar-refractivity contribution in [3.05, 3.63) is 153 Å². The highest BCUT2D eigenvalue weighted by Gasteiger charge is 2.57. The summed E-state index contributed by atoms with van der Waals surface area (Å²) >= 11 is 7.28. The van der Waals surface area contributed by atoms with Gasteiger partial charge in [0.1, 0.15) is 53.7 Å². The topological polar surface area (TPSA) is 131 Å². The second-order valence-electron chi connectivity index (χ2n) is 19.2. The molecular formula is C55H54ClF6N9O5. The number of amidine groups is 1. The fourth-order valence-electron chi connectivity index (χ4n) is 10.5. The lowest BCUT2D eigenvalue weighted by molar-refractivity contribution is -0.137. The minimum Gasteiger partial charge on any atom is -0.497 e. The van der Waals surface area contributed by atoms with Crippen LogP contribution in [0.4, 0.5) is 43.7 Å². The number of nitrogens with one attached hydrogen (secondary N) is 2. The third kappa shape index (κ3) is 10.3. The number of halogens is 7. The molecule has 4 aliphatic heterocycles. The number of alkyl halides is 5. The molecule has 0 spiro atoms. The summed E-state index contributed by atoms with van der Waals surface area (Å²) in [5.41, 5.74) is -1.20. The number of hydrogen-bond acceptors (Lipinski definition) is 14. The molecule has 76 heavy (non-hydrogen) atoms. The third-order valence-electron chi connectivity index (χ3n) is 14.2. The summed E-state index contributed by atoms with van der Waals surface area (Å²) in [5, 5.41) is 6.01. The van der Waals surface area contributed by atoms with Crippen LogP contribution in [-0.2, 0) is 30.5 Å². The first-order valence-corrected chi connectivity index (χ1v) is 24.9. The molecule has 2 saturated heterocycles. The van der Waals surface area contributed by atoms with Gasteiger partial charge in [0.2, 0.25) is 0 Å². The van der Waals surface area contributed by atoms with Crippen molar-refractivity contribution in [1.29, 1.82) is 0 Å². The Morgan fingerprint density at radius 2 is 1.50 bits per heavy atom. The smallest absolute Gasteiger partial charge is 0.418 e. The average Bonchev–Trinajstić information content (AvgIpc) is 3.93. The van der Waals surface area contributed by atoms with Gasteiger partial charge in [-0.3, -0.25) is 9.88 Å². The first-order chi connectivity index (χ1) is 36.5. The molecular weight excluding hydrogens is 1020 g/mol. The normalized spacial score (nSPS) is 18.0. The molecule has 0 bridgehead atoms. The Hall–Kier alpha value is -7.45. The zero-order valence-electron chi connectivity index (χ0n) is 42.2. The predicted molar refractivity (Wildman–Crippen MR) is 276 cm³/mol. The van der Waals surface area contributed by atoms with Crippen LogP contribution in [0.2, 0.25) is 5.02 Å². The number of ether oxygens (including phenoxy) is 5. The molecule has 6 aromatic rings. The Morgan fingerprint density at radius 3 is 2.12 bits per heavy atom. The standard InChI is InChI=1S/C55H54ClF6N9O5/c1-32-23-40(69(25-35-9-15-38(73-4)16-10-35)26-36-11-17-39(74-5)18-12-36)68-48(44(32)55(60,61)62)42-45(56)49-43-50(46(42)57)76-41(75-30-53-19-6-22-70(53)29-54(58,59)28-53)27-71(52(43)67-31-66-49)33(2)47-51(64-21-20-63-47)65-24-34-7-13-37(72-3)14-8-34/h7-18,20-21,23,27,33,66H,6,19,22,24-26,28-31H2,1-5H3,(H,64,65)/t33?,53-/m0/s1. The molecule has 0 amide bonds. The van der Waals surface area contributed by atoms with Crippen LogP contribution in [0.25, 0.3) is 11.3 Å². The van der Waals surface area contributed by atoms with Crippen molar-refractivity contribution < 1.29 is 50.0 Å². The van der Waals surface area contributed by atoms with Crippen LogP contribution in [-0.4, -0.2) is 89.7 Å². The maximum atomic E-state index is 18.3. The van der Waals surface area contributed by atoms with Crippen molar-refractivity contribution in [3.8, 4) is 34.3 Å². The highest BCUT2D eigenvalue weighted by Crippen LogP contribution is 2.52. The Kier molecular flexibility index (Phi) is 14.3. The SMILES string of the molecule is COc1ccc(CNc2nccnc2C(C)N2C=C(OC[C@@]34CCCN3CC(F)(F)C4)Oc3c(F)c(-c4nc(N(Cc5ccc(OC)cc5)Cc5ccc(OC)cc5)cc(C)c4C(F)(F)F)c(Cl)c4c3C2=NCN4)cc1. The third-order valence-corrected chi connectivity index (χ3v) is 14.6. The summed E-state index contributed by atoms with van der Waals surface area (Å²) in [6.07, 6.45) is -0.0212. The number of aliphatic imine (C=N–C) groups is 1. The number of methoxy groups -OCH3 is 3. The zero-order valence-corrected chi connectivity index (χ0v) is 43.0. The summed E-state index contributed by atoms with van der Waals surface area (Å²) in [6.45, 7) is 3.30. The van der Waals surface area contributed by atoms with Gasteiger partial charge in [0.25, 0.3) is 5.92 Å². The maximum Gasteiger partial charge on any atom is 0.418 e. The Morgan fingerprint density at radius 1 is 0.882 bits per heavy atom. The number of benzene rings is 4. The van der Waals surface area contributed by atoms with Gasteiger partial charge in [0.15, 0.2) is 11.6 Å². The lowest BCUT2D eigenvalue weighted by Crippen LogP contribution is -2.42. The Bertz CT molecular complexity index is 3130. The van der Waals surface area contributed by atoms with Crippen LogP contribution in [0.15, 0.2) is 108 Å². The summed E-state index contributed by atoms with van der Waals surface area (Å²) in [5.74, 6) is -2.73. The van der Waals surface area contributed by atoms with Crippen LogP contribution in [0.1, 0.15) is 71.3 Å². The lowest BCUT2D eigenvalue weighted by atomic mass is 9.94. The van der Waals surface area contributed by atoms with Crippen LogP contribution in [0, 0.1) is 12.7 Å². The first-order valence-electron chi connectivity index (χ1n) is 24.5. The molecule has 4 aliphatic rings. The molecule has 6 heterocycles. The van der Waals surface area contributed by atoms with E-state index >= 15 is 26.3 Å². The number of aromatic nitrogens is 3. The summed E-state index contributed by atoms with van der Waals surface area (Å²) < 4.78 is 124. The molecule has 2 atom stereocenters. The molecule has 398 valence electrons. The number of fused-ring (bicyclic) bond motifs is 1. The molecule has 21 heteroatoms. The number of rotatable bonds is 17. The van der Waals surface area contributed by atoms with Crippen LogP contribution < -0.4 is 34.5 Å². The summed E-state index contributed by atoms with van der Waals surface area (Å²) in [7, 11) is 4.66. The molecule has 0 radical (unpaired) electrons. The van der Waals surface area contributed by atoms with Gasteiger partial charge < -0.3 is 44.1 Å². The van der Waals surface area contributed by atoms with E-state index in [2.05, 4.69) is 15.6 Å². The second kappa shape index (κ2) is 20.9. The van der Waals surface area contributed by atoms with E-state index in [4.69, 9.17) is 50.2 Å². The molecule has 14 nitrogen and oxygen atoms in total. The quantitative estimate of drug-likeness (QED) is 0.0841.